The summed E-state index contributed by atoms with van der Waals surface area (Å²) in [6.45, 7) is 5.72. The van der Waals surface area contributed by atoms with Gasteiger partial charge < -0.3 is 0 Å². The van der Waals surface area contributed by atoms with Crippen LogP contribution in [0, 0.1) is 0 Å². The van der Waals surface area contributed by atoms with Crippen molar-refractivity contribution >= 4 is 65.7 Å². The zero-order valence-electron chi connectivity index (χ0n) is 22.6. The van der Waals surface area contributed by atoms with Crippen LogP contribution in [0.25, 0.3) is 21.5 Å². The summed E-state index contributed by atoms with van der Waals surface area (Å²) in [5.74, 6) is -0.321. The molecule has 0 saturated heterocycles. The molecule has 6 rings (SSSR count). The van der Waals surface area contributed by atoms with Crippen molar-refractivity contribution in [3.63, 3.8) is 0 Å². The van der Waals surface area contributed by atoms with E-state index in [1.807, 2.05) is 86.8 Å². The molecule has 41 heavy (non-hydrogen) atoms. The van der Waals surface area contributed by atoms with E-state index in [-0.39, 0.29) is 24.1 Å². The van der Waals surface area contributed by atoms with Gasteiger partial charge in [-0.3, -0.25) is 14.3 Å². The second-order valence-corrected chi connectivity index (χ2v) is 13.6. The third-order valence-corrected chi connectivity index (χ3v) is 8.89. The Bertz CT molecular complexity index is 1840. The number of thiophene rings is 1. The summed E-state index contributed by atoms with van der Waals surface area (Å²) in [5, 5.41) is 18.2. The summed E-state index contributed by atoms with van der Waals surface area (Å²) >= 11 is 8.51. The van der Waals surface area contributed by atoms with Crippen molar-refractivity contribution < 1.29 is 4.79 Å². The van der Waals surface area contributed by atoms with Crippen molar-refractivity contribution in [3.05, 3.63) is 103 Å². The van der Waals surface area contributed by atoms with E-state index in [9.17, 15) is 9.59 Å². The van der Waals surface area contributed by atoms with Gasteiger partial charge in [0.05, 0.1) is 33.8 Å². The molecule has 11 heteroatoms. The van der Waals surface area contributed by atoms with Gasteiger partial charge in [0.1, 0.15) is 17.8 Å². The number of nitrogens with zero attached hydrogens (tertiary/aromatic N) is 6. The molecule has 0 bridgehead atoms. The molecule has 1 amide bonds. The summed E-state index contributed by atoms with van der Waals surface area (Å²) < 4.78 is 4.89. The van der Waals surface area contributed by atoms with Gasteiger partial charge in [0.2, 0.25) is 0 Å². The van der Waals surface area contributed by atoms with Crippen molar-refractivity contribution in [1.82, 2.24) is 24.6 Å². The minimum Gasteiger partial charge on any atom is -0.271 e. The number of hydrazone groups is 1. The highest BCUT2D eigenvalue weighted by Crippen LogP contribution is 2.34. The van der Waals surface area contributed by atoms with Gasteiger partial charge in [-0.25, -0.2) is 9.69 Å². The monoisotopic (exact) mass is 692 g/mol. The molecular weight excluding hydrogens is 668 g/mol. The largest absolute Gasteiger partial charge is 0.293 e. The second-order valence-electron chi connectivity index (χ2n) is 10.8. The van der Waals surface area contributed by atoms with Gasteiger partial charge in [-0.15, -0.1) is 11.3 Å². The average Bonchev–Trinajstić information content (AvgIpc) is 3.71. The van der Waals surface area contributed by atoms with E-state index in [1.165, 1.54) is 21.0 Å². The van der Waals surface area contributed by atoms with Crippen LogP contribution in [0.2, 0.25) is 0 Å². The van der Waals surface area contributed by atoms with Crippen LogP contribution >= 0.6 is 43.2 Å². The van der Waals surface area contributed by atoms with Crippen LogP contribution < -0.4 is 5.56 Å². The maximum absolute atomic E-state index is 14.0. The van der Waals surface area contributed by atoms with Crippen LogP contribution in [0.5, 0.6) is 0 Å². The fraction of sp³-hybridized carbons (Fsp3) is 0.233. The van der Waals surface area contributed by atoms with Crippen molar-refractivity contribution in [2.45, 2.75) is 45.3 Å². The van der Waals surface area contributed by atoms with E-state index in [2.05, 4.69) is 37.0 Å². The zero-order chi connectivity index (χ0) is 28.9. The Morgan fingerprint density at radius 3 is 2.34 bits per heavy atom. The molecule has 0 spiro atoms. The molecule has 2 aromatic carbocycles. The lowest BCUT2D eigenvalue weighted by atomic mass is 9.98. The number of rotatable bonds is 5. The van der Waals surface area contributed by atoms with Crippen LogP contribution in [0.3, 0.4) is 0 Å². The average molecular weight is 694 g/mol. The van der Waals surface area contributed by atoms with Gasteiger partial charge in [0.15, 0.2) is 0 Å². The number of aromatic nitrogens is 4. The molecule has 0 radical (unpaired) electrons. The standard InChI is InChI=1S/C30H26Br2N6O2S/c1-30(2,3)38-28-22(16-33-38)27(25-5-4-14-41-25)35-36(29(28)40)17-26(39)37-24(19-8-12-21(32)13-9-19)15-23(34-37)18-6-10-20(31)11-7-18/h4-14,16,24H,15,17H2,1-3H3. The molecule has 1 aliphatic heterocycles. The summed E-state index contributed by atoms with van der Waals surface area (Å²) in [7, 11) is 0. The van der Waals surface area contributed by atoms with Crippen molar-refractivity contribution in [2.24, 2.45) is 5.10 Å². The number of amides is 1. The van der Waals surface area contributed by atoms with Gasteiger partial charge in [-0.1, -0.05) is 62.2 Å². The molecule has 0 aliphatic carbocycles. The minimum absolute atomic E-state index is 0.257. The molecule has 0 saturated carbocycles. The molecular formula is C30H26Br2N6O2S. The Hall–Kier alpha value is -3.41. The summed E-state index contributed by atoms with van der Waals surface area (Å²) in [5.41, 5.74) is 2.95. The topological polar surface area (TPSA) is 85.4 Å². The lowest BCUT2D eigenvalue weighted by Crippen LogP contribution is -2.36. The second kappa shape index (κ2) is 10.8. The highest BCUT2D eigenvalue weighted by atomic mass is 79.9. The molecule has 0 N–H and O–H groups in total. The van der Waals surface area contributed by atoms with Gasteiger partial charge >= 0.3 is 0 Å². The molecule has 1 atom stereocenters. The summed E-state index contributed by atoms with van der Waals surface area (Å²) in [6.07, 6.45) is 2.24. The van der Waals surface area contributed by atoms with E-state index < -0.39 is 5.54 Å². The third-order valence-electron chi connectivity index (χ3n) is 6.96. The Balaban J connectivity index is 1.43. The maximum atomic E-state index is 14.0. The maximum Gasteiger partial charge on any atom is 0.293 e. The van der Waals surface area contributed by atoms with Crippen molar-refractivity contribution in [3.8, 4) is 10.6 Å². The van der Waals surface area contributed by atoms with Gasteiger partial charge in [-0.05, 0) is 67.6 Å². The smallest absolute Gasteiger partial charge is 0.271 e. The molecule has 0 fully saturated rings. The predicted octanol–water partition coefficient (Wildman–Crippen LogP) is 6.98. The van der Waals surface area contributed by atoms with Crippen LogP contribution in [0.1, 0.15) is 44.4 Å². The van der Waals surface area contributed by atoms with Crippen LogP contribution in [-0.4, -0.2) is 36.2 Å². The molecule has 4 heterocycles. The third kappa shape index (κ3) is 5.33. The van der Waals surface area contributed by atoms with Gasteiger partial charge in [0.25, 0.3) is 11.5 Å². The first kappa shape index (κ1) is 27.7. The predicted molar refractivity (Wildman–Crippen MR) is 169 cm³/mol. The lowest BCUT2D eigenvalue weighted by molar-refractivity contribution is -0.133. The normalized spacial score (nSPS) is 15.5. The van der Waals surface area contributed by atoms with E-state index in [0.29, 0.717) is 23.0 Å². The lowest BCUT2D eigenvalue weighted by Gasteiger charge is -2.23. The SMILES string of the molecule is CC(C)(C)n1ncc2c(-c3cccs3)nn(CC(=O)N3N=C(c4ccc(Br)cc4)CC3c3ccc(Br)cc3)c(=O)c21. The number of carbonyl (C=O) groups excluding carboxylic acids is 1. The van der Waals surface area contributed by atoms with E-state index in [4.69, 9.17) is 10.2 Å². The van der Waals surface area contributed by atoms with E-state index in [1.54, 1.807) is 10.9 Å². The molecule has 8 nitrogen and oxygen atoms in total. The number of halogens is 2. The molecule has 1 aliphatic rings. The molecule has 3 aromatic heterocycles. The van der Waals surface area contributed by atoms with E-state index in [0.717, 1.165) is 30.7 Å². The first-order valence-corrected chi connectivity index (χ1v) is 15.5. The number of hydrogen-bond acceptors (Lipinski definition) is 6. The number of benzene rings is 2. The molecule has 208 valence electrons. The minimum atomic E-state index is -0.442. The van der Waals surface area contributed by atoms with E-state index >= 15 is 0 Å². The molecule has 5 aromatic rings. The summed E-state index contributed by atoms with van der Waals surface area (Å²) in [4.78, 5) is 28.7. The van der Waals surface area contributed by atoms with Crippen LogP contribution in [0.4, 0.5) is 0 Å². The van der Waals surface area contributed by atoms with Gasteiger partial charge in [-0.2, -0.15) is 15.3 Å². The zero-order valence-corrected chi connectivity index (χ0v) is 26.6. The first-order valence-electron chi connectivity index (χ1n) is 13.0. The van der Waals surface area contributed by atoms with Crippen molar-refractivity contribution in [1.29, 1.82) is 0 Å². The Morgan fingerprint density at radius 1 is 1.02 bits per heavy atom. The molecule has 1 unspecified atom stereocenters. The Labute approximate surface area is 257 Å². The Kier molecular flexibility index (Phi) is 7.29. The highest BCUT2D eigenvalue weighted by Gasteiger charge is 2.34. The number of carbonyl (C=O) groups is 1. The number of fused-ring (bicyclic) bond motifs is 1. The van der Waals surface area contributed by atoms with Crippen LogP contribution in [-0.2, 0) is 16.9 Å². The van der Waals surface area contributed by atoms with Crippen molar-refractivity contribution in [2.75, 3.05) is 0 Å². The quantitative estimate of drug-likeness (QED) is 0.199. The Morgan fingerprint density at radius 2 is 1.71 bits per heavy atom. The van der Waals surface area contributed by atoms with Gasteiger partial charge in [0, 0.05) is 15.4 Å². The van der Waals surface area contributed by atoms with Crippen LogP contribution in [0.15, 0.2) is 91.1 Å². The fourth-order valence-electron chi connectivity index (χ4n) is 4.98. The fourth-order valence-corrected chi connectivity index (χ4v) is 6.23. The summed E-state index contributed by atoms with van der Waals surface area (Å²) in [6, 6.07) is 19.3. The first-order chi connectivity index (χ1) is 19.6. The highest BCUT2D eigenvalue weighted by molar-refractivity contribution is 9.10. The number of hydrogen-bond donors (Lipinski definition) is 0.